The van der Waals surface area contributed by atoms with Gasteiger partial charge in [0, 0.05) is 24.5 Å². The van der Waals surface area contributed by atoms with E-state index in [1.54, 1.807) is 31.4 Å². The first-order chi connectivity index (χ1) is 12.3. The SMILES string of the molecule is CCOC(=O)c1cc(C)n(CC(=O)O[C@@H](C)C(=O)N2CCNC2=O)c1C. The standard InChI is InChI=1S/C17H23N3O6/c1-5-25-16(23)13-8-10(2)20(11(13)3)9-14(21)26-12(4)15(22)19-7-6-18-17(19)24/h8,12H,5-7,9H2,1-4H3,(H,18,24)/t12-/m0/s1. The van der Waals surface area contributed by atoms with Crippen LogP contribution in [0.2, 0.25) is 0 Å². The molecule has 1 aliphatic rings. The fourth-order valence-corrected chi connectivity index (χ4v) is 2.78. The van der Waals surface area contributed by atoms with Crippen molar-refractivity contribution in [2.75, 3.05) is 19.7 Å². The first-order valence-corrected chi connectivity index (χ1v) is 8.38. The van der Waals surface area contributed by atoms with Gasteiger partial charge in [0.1, 0.15) is 6.54 Å². The Labute approximate surface area is 151 Å². The lowest BCUT2D eigenvalue weighted by molar-refractivity contribution is -0.158. The summed E-state index contributed by atoms with van der Waals surface area (Å²) in [5, 5.41) is 2.51. The molecule has 0 radical (unpaired) electrons. The summed E-state index contributed by atoms with van der Waals surface area (Å²) in [7, 11) is 0. The minimum atomic E-state index is -1.08. The van der Waals surface area contributed by atoms with Gasteiger partial charge in [-0.2, -0.15) is 0 Å². The molecular formula is C17H23N3O6. The number of aromatic nitrogens is 1. The summed E-state index contributed by atoms with van der Waals surface area (Å²) in [6.07, 6.45) is -1.08. The highest BCUT2D eigenvalue weighted by atomic mass is 16.5. The maximum atomic E-state index is 12.2. The molecule has 0 aliphatic carbocycles. The molecule has 142 valence electrons. The number of carbonyl (C=O) groups is 4. The summed E-state index contributed by atoms with van der Waals surface area (Å²) in [5.74, 6) is -1.66. The molecule has 2 rings (SSSR count). The summed E-state index contributed by atoms with van der Waals surface area (Å²) < 4.78 is 11.8. The van der Waals surface area contributed by atoms with E-state index >= 15 is 0 Å². The lowest BCUT2D eigenvalue weighted by Gasteiger charge is -2.18. The van der Waals surface area contributed by atoms with Gasteiger partial charge in [-0.15, -0.1) is 0 Å². The van der Waals surface area contributed by atoms with Crippen LogP contribution in [0.4, 0.5) is 4.79 Å². The van der Waals surface area contributed by atoms with Gasteiger partial charge in [-0.3, -0.25) is 14.5 Å². The van der Waals surface area contributed by atoms with Crippen molar-refractivity contribution >= 4 is 23.9 Å². The molecule has 1 N–H and O–H groups in total. The minimum Gasteiger partial charge on any atom is -0.462 e. The van der Waals surface area contributed by atoms with Gasteiger partial charge in [0.2, 0.25) is 0 Å². The van der Waals surface area contributed by atoms with Crippen LogP contribution in [0.1, 0.15) is 35.6 Å². The number of nitrogens with zero attached hydrogens (tertiary/aromatic N) is 2. The van der Waals surface area contributed by atoms with E-state index in [1.807, 2.05) is 0 Å². The van der Waals surface area contributed by atoms with Crippen molar-refractivity contribution in [2.45, 2.75) is 40.3 Å². The van der Waals surface area contributed by atoms with Crippen LogP contribution in [0, 0.1) is 13.8 Å². The second-order valence-electron chi connectivity index (χ2n) is 5.95. The van der Waals surface area contributed by atoms with Crippen LogP contribution in [0.15, 0.2) is 6.07 Å². The Morgan fingerprint density at radius 1 is 1.31 bits per heavy atom. The molecule has 1 fully saturated rings. The number of hydrogen-bond acceptors (Lipinski definition) is 6. The van der Waals surface area contributed by atoms with Crippen molar-refractivity contribution in [3.63, 3.8) is 0 Å². The van der Waals surface area contributed by atoms with Gasteiger partial charge in [-0.05, 0) is 33.8 Å². The Kier molecular flexibility index (Phi) is 6.01. The topological polar surface area (TPSA) is 107 Å². The number of amides is 3. The van der Waals surface area contributed by atoms with Crippen LogP contribution in [-0.2, 0) is 25.6 Å². The van der Waals surface area contributed by atoms with Crippen molar-refractivity contribution in [3.05, 3.63) is 23.0 Å². The number of urea groups is 1. The Hall–Kier alpha value is -2.84. The van der Waals surface area contributed by atoms with Crippen molar-refractivity contribution in [1.82, 2.24) is 14.8 Å². The summed E-state index contributed by atoms with van der Waals surface area (Å²) in [6.45, 7) is 7.33. The number of hydrogen-bond donors (Lipinski definition) is 1. The quantitative estimate of drug-likeness (QED) is 0.746. The fourth-order valence-electron chi connectivity index (χ4n) is 2.78. The highest BCUT2D eigenvalue weighted by molar-refractivity contribution is 5.98. The number of ether oxygens (including phenoxy) is 2. The van der Waals surface area contributed by atoms with Crippen LogP contribution in [0.3, 0.4) is 0 Å². The number of carbonyl (C=O) groups excluding carboxylic acids is 4. The lowest BCUT2D eigenvalue weighted by atomic mass is 10.2. The molecule has 1 atom stereocenters. The van der Waals surface area contributed by atoms with E-state index in [0.29, 0.717) is 23.5 Å². The zero-order valence-corrected chi connectivity index (χ0v) is 15.3. The largest absolute Gasteiger partial charge is 0.462 e. The minimum absolute atomic E-state index is 0.152. The predicted molar refractivity (Wildman–Crippen MR) is 90.5 cm³/mol. The molecule has 1 aliphatic heterocycles. The third kappa shape index (κ3) is 4.04. The smallest absolute Gasteiger partial charge is 0.339 e. The first kappa shape index (κ1) is 19.5. The second kappa shape index (κ2) is 8.03. The molecule has 2 heterocycles. The van der Waals surface area contributed by atoms with Crippen LogP contribution in [0.25, 0.3) is 0 Å². The number of rotatable bonds is 6. The number of nitrogens with one attached hydrogen (secondary N) is 1. The van der Waals surface area contributed by atoms with Crippen molar-refractivity contribution < 1.29 is 28.7 Å². The van der Waals surface area contributed by atoms with E-state index in [2.05, 4.69) is 5.32 Å². The van der Waals surface area contributed by atoms with Gasteiger partial charge in [0.15, 0.2) is 6.10 Å². The van der Waals surface area contributed by atoms with E-state index in [1.165, 1.54) is 6.92 Å². The fraction of sp³-hybridized carbons (Fsp3) is 0.529. The molecule has 3 amide bonds. The highest BCUT2D eigenvalue weighted by Gasteiger charge is 2.31. The van der Waals surface area contributed by atoms with Crippen LogP contribution >= 0.6 is 0 Å². The molecule has 1 saturated heterocycles. The van der Waals surface area contributed by atoms with Gasteiger partial charge in [0.05, 0.1) is 12.2 Å². The van der Waals surface area contributed by atoms with E-state index in [9.17, 15) is 19.2 Å². The molecule has 0 saturated carbocycles. The zero-order chi connectivity index (χ0) is 19.4. The molecule has 0 bridgehead atoms. The van der Waals surface area contributed by atoms with Gasteiger partial charge < -0.3 is 19.4 Å². The number of esters is 2. The summed E-state index contributed by atoms with van der Waals surface area (Å²) in [6, 6.07) is 1.15. The molecular weight excluding hydrogens is 342 g/mol. The van der Waals surface area contributed by atoms with Crippen molar-refractivity contribution in [2.24, 2.45) is 0 Å². The molecule has 0 unspecified atom stereocenters. The lowest BCUT2D eigenvalue weighted by Crippen LogP contribution is -2.42. The maximum Gasteiger partial charge on any atom is 0.339 e. The van der Waals surface area contributed by atoms with Crippen molar-refractivity contribution in [1.29, 1.82) is 0 Å². The molecule has 1 aromatic rings. The summed E-state index contributed by atoms with van der Waals surface area (Å²) in [4.78, 5) is 48.8. The first-order valence-electron chi connectivity index (χ1n) is 8.38. The highest BCUT2D eigenvalue weighted by Crippen LogP contribution is 2.17. The Morgan fingerprint density at radius 2 is 2.00 bits per heavy atom. The van der Waals surface area contributed by atoms with E-state index < -0.39 is 30.0 Å². The van der Waals surface area contributed by atoms with Crippen LogP contribution < -0.4 is 5.32 Å². The molecule has 0 aromatic carbocycles. The van der Waals surface area contributed by atoms with E-state index in [4.69, 9.17) is 9.47 Å². The summed E-state index contributed by atoms with van der Waals surface area (Å²) >= 11 is 0. The van der Waals surface area contributed by atoms with Crippen molar-refractivity contribution in [3.8, 4) is 0 Å². The average molecular weight is 365 g/mol. The second-order valence-corrected chi connectivity index (χ2v) is 5.95. The van der Waals surface area contributed by atoms with Gasteiger partial charge in [-0.1, -0.05) is 0 Å². The normalized spacial score (nSPS) is 14.8. The maximum absolute atomic E-state index is 12.2. The monoisotopic (exact) mass is 365 g/mol. The Morgan fingerprint density at radius 3 is 2.58 bits per heavy atom. The van der Waals surface area contributed by atoms with E-state index in [-0.39, 0.29) is 19.7 Å². The molecule has 0 spiro atoms. The molecule has 1 aromatic heterocycles. The van der Waals surface area contributed by atoms with E-state index in [0.717, 1.165) is 4.90 Å². The molecule has 9 heteroatoms. The van der Waals surface area contributed by atoms with Gasteiger partial charge in [-0.25, -0.2) is 9.59 Å². The Bertz CT molecular complexity index is 739. The number of aryl methyl sites for hydroxylation is 1. The average Bonchev–Trinajstić information content (AvgIpc) is 3.12. The summed E-state index contributed by atoms with van der Waals surface area (Å²) in [5.41, 5.74) is 1.66. The third-order valence-corrected chi connectivity index (χ3v) is 4.14. The van der Waals surface area contributed by atoms with Gasteiger partial charge in [0.25, 0.3) is 5.91 Å². The van der Waals surface area contributed by atoms with Crippen LogP contribution in [0.5, 0.6) is 0 Å². The predicted octanol–water partition coefficient (Wildman–Crippen LogP) is 0.765. The third-order valence-electron chi connectivity index (χ3n) is 4.14. The van der Waals surface area contributed by atoms with Gasteiger partial charge >= 0.3 is 18.0 Å². The zero-order valence-electron chi connectivity index (χ0n) is 15.3. The number of imide groups is 1. The molecule has 9 nitrogen and oxygen atoms in total. The Balaban J connectivity index is 2.02. The molecule has 26 heavy (non-hydrogen) atoms. The van der Waals surface area contributed by atoms with Crippen LogP contribution in [-0.4, -0.2) is 59.1 Å².